The van der Waals surface area contributed by atoms with Crippen LogP contribution < -0.4 is 5.32 Å². The van der Waals surface area contributed by atoms with Gasteiger partial charge in [-0.3, -0.25) is 19.1 Å². The third-order valence-corrected chi connectivity index (χ3v) is 5.41. The first-order valence-electron chi connectivity index (χ1n) is 7.74. The van der Waals surface area contributed by atoms with Crippen molar-refractivity contribution >= 4 is 21.9 Å². The zero-order valence-electron chi connectivity index (χ0n) is 13.8. The number of rotatable bonds is 5. The summed E-state index contributed by atoms with van der Waals surface area (Å²) in [7, 11) is -3.89. The number of benzene rings is 2. The van der Waals surface area contributed by atoms with Gasteiger partial charge in [0.1, 0.15) is 0 Å². The van der Waals surface area contributed by atoms with E-state index in [4.69, 9.17) is 4.18 Å². The van der Waals surface area contributed by atoms with E-state index < -0.39 is 21.9 Å². The maximum absolute atomic E-state index is 12.3. The Hall–Kier alpha value is -2.51. The highest BCUT2D eigenvalue weighted by Crippen LogP contribution is 2.27. The first kappa shape index (κ1) is 17.3. The molecule has 3 rings (SSSR count). The van der Waals surface area contributed by atoms with Crippen molar-refractivity contribution in [3.05, 3.63) is 64.7 Å². The fourth-order valence-electron chi connectivity index (χ4n) is 2.71. The van der Waals surface area contributed by atoms with Gasteiger partial charge in [-0.25, -0.2) is 0 Å². The van der Waals surface area contributed by atoms with E-state index in [1.165, 1.54) is 12.1 Å². The Labute approximate surface area is 145 Å². The van der Waals surface area contributed by atoms with E-state index in [-0.39, 0.29) is 23.0 Å². The van der Waals surface area contributed by atoms with E-state index in [1.807, 2.05) is 6.92 Å². The molecule has 0 spiro atoms. The summed E-state index contributed by atoms with van der Waals surface area (Å²) in [5.41, 5.74) is 2.12. The Morgan fingerprint density at radius 3 is 2.40 bits per heavy atom. The second kappa shape index (κ2) is 6.42. The van der Waals surface area contributed by atoms with E-state index in [1.54, 1.807) is 37.3 Å². The van der Waals surface area contributed by atoms with Crippen LogP contribution >= 0.6 is 0 Å². The Balaban J connectivity index is 1.80. The zero-order chi connectivity index (χ0) is 18.2. The molecule has 6 nitrogen and oxygen atoms in total. The Kier molecular flexibility index (Phi) is 4.45. The third-order valence-electron chi connectivity index (χ3n) is 4.11. The van der Waals surface area contributed by atoms with Crippen molar-refractivity contribution in [3.8, 4) is 0 Å². The molecule has 0 saturated carbocycles. The number of aryl methyl sites for hydroxylation is 1. The largest absolute Gasteiger partial charge is 0.296 e. The number of hydrogen-bond acceptors (Lipinski definition) is 5. The molecule has 0 aliphatic carbocycles. The van der Waals surface area contributed by atoms with Crippen LogP contribution in [0, 0.1) is 6.92 Å². The average Bonchev–Trinajstić information content (AvgIpc) is 2.88. The molecule has 1 heterocycles. The number of imide groups is 1. The predicted molar refractivity (Wildman–Crippen MR) is 91.0 cm³/mol. The molecule has 1 aliphatic heterocycles. The van der Waals surface area contributed by atoms with Crippen LogP contribution in [0.3, 0.4) is 0 Å². The van der Waals surface area contributed by atoms with Crippen molar-refractivity contribution < 1.29 is 22.2 Å². The molecule has 130 valence electrons. The second-order valence-corrected chi connectivity index (χ2v) is 7.62. The molecule has 7 heteroatoms. The average molecular weight is 359 g/mol. The number of nitrogens with one attached hydrogen (secondary N) is 1. The van der Waals surface area contributed by atoms with Crippen LogP contribution in [-0.4, -0.2) is 26.8 Å². The van der Waals surface area contributed by atoms with Crippen LogP contribution in [0.15, 0.2) is 47.4 Å². The van der Waals surface area contributed by atoms with Gasteiger partial charge >= 0.3 is 0 Å². The molecule has 0 bridgehead atoms. The monoisotopic (exact) mass is 359 g/mol. The fraction of sp³-hybridized carbons (Fsp3) is 0.222. The summed E-state index contributed by atoms with van der Waals surface area (Å²) in [6, 6.07) is 11.3. The molecule has 0 fully saturated rings. The summed E-state index contributed by atoms with van der Waals surface area (Å²) < 4.78 is 29.7. The van der Waals surface area contributed by atoms with E-state index in [2.05, 4.69) is 5.32 Å². The Morgan fingerprint density at radius 2 is 1.72 bits per heavy atom. The van der Waals surface area contributed by atoms with Crippen LogP contribution in [0.4, 0.5) is 0 Å². The van der Waals surface area contributed by atoms with Crippen molar-refractivity contribution in [3.63, 3.8) is 0 Å². The van der Waals surface area contributed by atoms with Crippen LogP contribution in [0.2, 0.25) is 0 Å². The summed E-state index contributed by atoms with van der Waals surface area (Å²) in [5, 5.41) is 2.24. The lowest BCUT2D eigenvalue weighted by atomic mass is 9.94. The van der Waals surface area contributed by atoms with Gasteiger partial charge in [0.25, 0.3) is 21.9 Å². The zero-order valence-corrected chi connectivity index (χ0v) is 14.6. The van der Waals surface area contributed by atoms with Gasteiger partial charge < -0.3 is 0 Å². The van der Waals surface area contributed by atoms with Crippen LogP contribution in [0.5, 0.6) is 0 Å². The van der Waals surface area contributed by atoms with Crippen molar-refractivity contribution in [1.82, 2.24) is 5.32 Å². The molecule has 2 aromatic rings. The lowest BCUT2D eigenvalue weighted by molar-refractivity contribution is 0.0879. The highest BCUT2D eigenvalue weighted by atomic mass is 32.2. The van der Waals surface area contributed by atoms with Crippen LogP contribution in [0.25, 0.3) is 0 Å². The normalized spacial score (nSPS) is 15.0. The lowest BCUT2D eigenvalue weighted by Crippen LogP contribution is -2.20. The van der Waals surface area contributed by atoms with Crippen molar-refractivity contribution in [1.29, 1.82) is 0 Å². The Morgan fingerprint density at radius 1 is 1.04 bits per heavy atom. The minimum absolute atomic E-state index is 0.0801. The second-order valence-electron chi connectivity index (χ2n) is 6.01. The minimum atomic E-state index is -3.89. The number of hydrogen-bond donors (Lipinski definition) is 1. The highest BCUT2D eigenvalue weighted by Gasteiger charge is 2.31. The van der Waals surface area contributed by atoms with Gasteiger partial charge in [-0.05, 0) is 30.7 Å². The quantitative estimate of drug-likeness (QED) is 0.654. The highest BCUT2D eigenvalue weighted by molar-refractivity contribution is 7.86. The number of carbonyl (C=O) groups is 2. The molecule has 2 amide bonds. The molecule has 1 aliphatic rings. The topological polar surface area (TPSA) is 89.5 Å². The summed E-state index contributed by atoms with van der Waals surface area (Å²) >= 11 is 0. The van der Waals surface area contributed by atoms with Gasteiger partial charge in [0.15, 0.2) is 0 Å². The lowest BCUT2D eigenvalue weighted by Gasteiger charge is -2.15. The Bertz CT molecular complexity index is 948. The minimum Gasteiger partial charge on any atom is -0.288 e. The predicted octanol–water partition coefficient (Wildman–Crippen LogP) is 2.39. The molecule has 0 radical (unpaired) electrons. The van der Waals surface area contributed by atoms with Crippen LogP contribution in [-0.2, 0) is 14.3 Å². The van der Waals surface area contributed by atoms with E-state index in [0.29, 0.717) is 11.1 Å². The summed E-state index contributed by atoms with van der Waals surface area (Å²) in [5.74, 6) is -1.29. The van der Waals surface area contributed by atoms with Gasteiger partial charge in [-0.2, -0.15) is 8.42 Å². The smallest absolute Gasteiger partial charge is 0.288 e. The molecule has 0 saturated heterocycles. The summed E-state index contributed by atoms with van der Waals surface area (Å²) in [6.07, 6.45) is 0. The first-order chi connectivity index (χ1) is 11.8. The number of fused-ring (bicyclic) bond motifs is 1. The molecule has 0 aromatic heterocycles. The molecule has 25 heavy (non-hydrogen) atoms. The van der Waals surface area contributed by atoms with E-state index in [9.17, 15) is 18.0 Å². The molecule has 0 unspecified atom stereocenters. The molecule has 1 atom stereocenters. The van der Waals surface area contributed by atoms with Gasteiger partial charge in [0.2, 0.25) is 0 Å². The van der Waals surface area contributed by atoms with E-state index in [0.717, 1.165) is 5.56 Å². The third kappa shape index (κ3) is 3.33. The van der Waals surface area contributed by atoms with Gasteiger partial charge in [-0.15, -0.1) is 0 Å². The maximum Gasteiger partial charge on any atom is 0.296 e. The van der Waals surface area contributed by atoms with Gasteiger partial charge in [-0.1, -0.05) is 36.8 Å². The standard InChI is InChI=1S/C18H17NO5S/c1-11-6-8-13(9-7-11)25(22,23)24-10-12(2)14-4-3-5-15-16(14)18(21)19-17(15)20/h3-9,12H,10H2,1-2H3,(H,19,20,21)/t12-/m1/s1. The molecular weight excluding hydrogens is 342 g/mol. The summed E-state index contributed by atoms with van der Waals surface area (Å²) in [4.78, 5) is 23.8. The van der Waals surface area contributed by atoms with Crippen molar-refractivity contribution in [2.75, 3.05) is 6.61 Å². The number of carbonyl (C=O) groups excluding carboxylic acids is 2. The number of amides is 2. The van der Waals surface area contributed by atoms with Gasteiger partial charge in [0, 0.05) is 5.92 Å². The SMILES string of the molecule is Cc1ccc(S(=O)(=O)OC[C@@H](C)c2cccc3c2C(=O)NC3=O)cc1. The summed E-state index contributed by atoms with van der Waals surface area (Å²) in [6.45, 7) is 3.48. The fourth-order valence-corrected chi connectivity index (χ4v) is 3.70. The van der Waals surface area contributed by atoms with E-state index >= 15 is 0 Å². The first-order valence-corrected chi connectivity index (χ1v) is 9.15. The van der Waals surface area contributed by atoms with Crippen molar-refractivity contribution in [2.45, 2.75) is 24.7 Å². The van der Waals surface area contributed by atoms with Crippen LogP contribution in [0.1, 0.15) is 44.7 Å². The molecular formula is C18H17NO5S. The molecule has 2 aromatic carbocycles. The maximum atomic E-state index is 12.3. The molecule has 1 N–H and O–H groups in total. The van der Waals surface area contributed by atoms with Gasteiger partial charge in [0.05, 0.1) is 22.6 Å². The van der Waals surface area contributed by atoms with Crippen molar-refractivity contribution in [2.24, 2.45) is 0 Å².